The molecule has 0 aromatic carbocycles. The lowest BCUT2D eigenvalue weighted by Gasteiger charge is -2.15. The second-order valence-corrected chi connectivity index (χ2v) is 6.93. The molecule has 0 heterocycles. The zero-order valence-electron chi connectivity index (χ0n) is 6.75. The molecule has 0 aromatic heterocycles. The first kappa shape index (κ1) is 7.78. The molecule has 0 unspecified atom stereocenters. The van der Waals surface area contributed by atoms with Crippen LogP contribution in [0.2, 0.25) is 19.6 Å². The SMILES string of the molecule is [2H]C[Si](C)(C)C(=O)C(F)(F)F. The van der Waals surface area contributed by atoms with E-state index < -0.39 is 26.2 Å². The lowest BCUT2D eigenvalue weighted by atomic mass is 10.7. The highest BCUT2D eigenvalue weighted by molar-refractivity contribution is 7.04. The average Bonchev–Trinajstić information content (AvgIpc) is 1.84. The van der Waals surface area contributed by atoms with Gasteiger partial charge in [-0.05, 0) is 0 Å². The lowest BCUT2D eigenvalue weighted by molar-refractivity contribution is -0.162. The van der Waals surface area contributed by atoms with Crippen LogP contribution in [0.25, 0.3) is 0 Å². The molecule has 0 aromatic rings. The Morgan fingerprint density at radius 1 is 1.50 bits per heavy atom. The van der Waals surface area contributed by atoms with Gasteiger partial charge in [-0.1, -0.05) is 19.6 Å². The van der Waals surface area contributed by atoms with Gasteiger partial charge in [0.25, 0.3) is 0 Å². The standard InChI is InChI=1S/C5H9F3OSi/c1-10(2,3)4(9)5(6,7)8/h1-3H3/i1D. The minimum atomic E-state index is -4.75. The normalized spacial score (nSPS) is 14.7. The van der Waals surface area contributed by atoms with Crippen LogP contribution in [0.3, 0.4) is 0 Å². The van der Waals surface area contributed by atoms with Gasteiger partial charge in [0.05, 0.1) is 0 Å². The summed E-state index contributed by atoms with van der Waals surface area (Å²) in [7, 11) is -3.01. The van der Waals surface area contributed by atoms with E-state index >= 15 is 0 Å². The van der Waals surface area contributed by atoms with Gasteiger partial charge in [0, 0.05) is 1.37 Å². The fraction of sp³-hybridized carbons (Fsp3) is 0.800. The summed E-state index contributed by atoms with van der Waals surface area (Å²) in [4.78, 5) is 10.5. The zero-order chi connectivity index (χ0) is 9.28. The van der Waals surface area contributed by atoms with Crippen molar-refractivity contribution in [1.82, 2.24) is 0 Å². The molecule has 0 radical (unpaired) electrons. The molecule has 5 heteroatoms. The van der Waals surface area contributed by atoms with Crippen LogP contribution in [0.5, 0.6) is 0 Å². The number of halogens is 3. The molecule has 0 saturated carbocycles. The largest absolute Gasteiger partial charge is 0.444 e. The maximum Gasteiger partial charge on any atom is 0.444 e. The van der Waals surface area contributed by atoms with Crippen molar-refractivity contribution in [1.29, 1.82) is 0 Å². The number of rotatable bonds is 1. The van der Waals surface area contributed by atoms with E-state index in [2.05, 4.69) is 0 Å². The van der Waals surface area contributed by atoms with E-state index in [4.69, 9.17) is 1.37 Å². The second kappa shape index (κ2) is 2.37. The Kier molecular flexibility index (Phi) is 1.85. The average molecular weight is 171 g/mol. The fourth-order valence-electron chi connectivity index (χ4n) is 0.384. The summed E-state index contributed by atoms with van der Waals surface area (Å²) in [5.74, 6) is 0. The van der Waals surface area contributed by atoms with Gasteiger partial charge in [-0.2, -0.15) is 13.2 Å². The van der Waals surface area contributed by atoms with Gasteiger partial charge in [0.1, 0.15) is 8.07 Å². The van der Waals surface area contributed by atoms with Crippen molar-refractivity contribution in [3.05, 3.63) is 0 Å². The molecule has 0 N–H and O–H groups in total. The van der Waals surface area contributed by atoms with Gasteiger partial charge in [-0.15, -0.1) is 0 Å². The summed E-state index contributed by atoms with van der Waals surface area (Å²) in [5, 5.41) is -1.69. The van der Waals surface area contributed by atoms with E-state index in [0.29, 0.717) is 0 Å². The van der Waals surface area contributed by atoms with Crippen LogP contribution in [0.15, 0.2) is 0 Å². The molecule has 0 bridgehead atoms. The molecule has 0 rings (SSSR count). The quantitative estimate of drug-likeness (QED) is 0.551. The maximum atomic E-state index is 11.7. The summed E-state index contributed by atoms with van der Waals surface area (Å²) >= 11 is 0. The molecule has 0 fully saturated rings. The predicted molar refractivity (Wildman–Crippen MR) is 34.4 cm³/mol. The van der Waals surface area contributed by atoms with E-state index in [9.17, 15) is 18.0 Å². The van der Waals surface area contributed by atoms with Gasteiger partial charge in [0.2, 0.25) is 5.41 Å². The minimum absolute atomic E-state index is 0.411. The van der Waals surface area contributed by atoms with Crippen LogP contribution in [0.1, 0.15) is 1.37 Å². The van der Waals surface area contributed by atoms with Gasteiger partial charge in [0.15, 0.2) is 0 Å². The summed E-state index contributed by atoms with van der Waals surface area (Å²) in [6.45, 7) is 2.08. The zero-order valence-corrected chi connectivity index (χ0v) is 6.75. The molecule has 0 spiro atoms. The Morgan fingerprint density at radius 3 is 2.00 bits per heavy atom. The van der Waals surface area contributed by atoms with E-state index in [0.717, 1.165) is 0 Å². The van der Waals surface area contributed by atoms with Crippen molar-refractivity contribution >= 4 is 13.5 Å². The number of hydrogen-bond acceptors (Lipinski definition) is 1. The van der Waals surface area contributed by atoms with Gasteiger partial charge in [-0.25, -0.2) is 0 Å². The third-order valence-corrected chi connectivity index (χ3v) is 2.38. The van der Waals surface area contributed by atoms with Crippen molar-refractivity contribution in [3.8, 4) is 0 Å². The molecular weight excluding hydrogens is 161 g/mol. The van der Waals surface area contributed by atoms with Gasteiger partial charge >= 0.3 is 6.18 Å². The van der Waals surface area contributed by atoms with E-state index in [1.807, 2.05) is 0 Å². The molecule has 0 aliphatic heterocycles. The maximum absolute atomic E-state index is 11.7. The molecule has 0 aliphatic carbocycles. The van der Waals surface area contributed by atoms with Crippen molar-refractivity contribution in [2.24, 2.45) is 0 Å². The highest BCUT2D eigenvalue weighted by atomic mass is 28.3. The van der Waals surface area contributed by atoms with Crippen LogP contribution >= 0.6 is 0 Å². The highest BCUT2D eigenvalue weighted by Gasteiger charge is 2.45. The minimum Gasteiger partial charge on any atom is -0.296 e. The first-order valence-electron chi connectivity index (χ1n) is 3.33. The smallest absolute Gasteiger partial charge is 0.296 e. The Labute approximate surface area is 59.6 Å². The van der Waals surface area contributed by atoms with Crippen molar-refractivity contribution in [2.75, 3.05) is 0 Å². The first-order chi connectivity index (χ1) is 4.72. The molecule has 0 amide bonds. The second-order valence-electron chi connectivity index (χ2n) is 2.71. The first-order valence-corrected chi connectivity index (χ1v) is 5.83. The molecule has 60 valence electrons. The molecule has 0 saturated heterocycles. The summed E-state index contributed by atoms with van der Waals surface area (Å²) in [6, 6.07) is 0. The fourth-order valence-corrected chi connectivity index (χ4v) is 1.15. The molecule has 1 nitrogen and oxygen atoms in total. The predicted octanol–water partition coefficient (Wildman–Crippen LogP) is 2.00. The van der Waals surface area contributed by atoms with Crippen molar-refractivity contribution in [3.63, 3.8) is 0 Å². The van der Waals surface area contributed by atoms with Crippen molar-refractivity contribution < 1.29 is 19.3 Å². The van der Waals surface area contributed by atoms with Crippen molar-refractivity contribution in [2.45, 2.75) is 25.8 Å². The number of hydrogen-bond donors (Lipinski definition) is 0. The number of carbonyl (C=O) groups excluding carboxylic acids is 1. The van der Waals surface area contributed by atoms with E-state index in [1.54, 1.807) is 0 Å². The molecule has 10 heavy (non-hydrogen) atoms. The molecule has 0 aliphatic rings. The van der Waals surface area contributed by atoms with Crippen LogP contribution in [0.4, 0.5) is 13.2 Å². The monoisotopic (exact) mass is 171 g/mol. The van der Waals surface area contributed by atoms with Crippen LogP contribution in [-0.2, 0) is 4.79 Å². The third-order valence-electron chi connectivity index (χ3n) is 0.872. The number of carbonyl (C=O) groups is 1. The summed E-state index contributed by atoms with van der Waals surface area (Å²) < 4.78 is 42.0. The van der Waals surface area contributed by atoms with Gasteiger partial charge < -0.3 is 0 Å². The van der Waals surface area contributed by atoms with E-state index in [1.165, 1.54) is 13.1 Å². The van der Waals surface area contributed by atoms with Crippen LogP contribution in [0, 0.1) is 0 Å². The Balaban J connectivity index is 4.50. The van der Waals surface area contributed by atoms with E-state index in [-0.39, 0.29) is 0 Å². The van der Waals surface area contributed by atoms with Gasteiger partial charge in [-0.3, -0.25) is 4.79 Å². The molecule has 0 atom stereocenters. The topological polar surface area (TPSA) is 17.1 Å². The lowest BCUT2D eigenvalue weighted by Crippen LogP contribution is -2.43. The summed E-state index contributed by atoms with van der Waals surface area (Å²) in [5.41, 5.74) is 0. The van der Waals surface area contributed by atoms with Crippen LogP contribution < -0.4 is 0 Å². The van der Waals surface area contributed by atoms with Crippen LogP contribution in [-0.4, -0.2) is 19.7 Å². The third kappa shape index (κ3) is 2.51. The Morgan fingerprint density at radius 2 is 1.90 bits per heavy atom. The molecular formula is C5H9F3OSi. The summed E-state index contributed by atoms with van der Waals surface area (Å²) in [6.07, 6.45) is -4.75. The highest BCUT2D eigenvalue weighted by Crippen LogP contribution is 2.21. The Hall–Kier alpha value is -0.323. The Bertz CT molecular complexity index is 166. The number of alkyl halides is 3.